The highest BCUT2D eigenvalue weighted by atomic mass is 35.5. The van der Waals surface area contributed by atoms with Crippen LogP contribution < -0.4 is 14.2 Å². The third-order valence-electron chi connectivity index (χ3n) is 4.37. The van der Waals surface area contributed by atoms with E-state index in [9.17, 15) is 4.79 Å². The fourth-order valence-corrected chi connectivity index (χ4v) is 2.98. The van der Waals surface area contributed by atoms with Gasteiger partial charge in [-0.25, -0.2) is 0 Å². The first-order chi connectivity index (χ1) is 13.6. The number of ether oxygens (including phenoxy) is 3. The summed E-state index contributed by atoms with van der Waals surface area (Å²) in [5.74, 6) is 2.07. The highest BCUT2D eigenvalue weighted by molar-refractivity contribution is 6.30. The van der Waals surface area contributed by atoms with Crippen LogP contribution in [-0.4, -0.2) is 12.9 Å². The van der Waals surface area contributed by atoms with Gasteiger partial charge in [0, 0.05) is 11.1 Å². The lowest BCUT2D eigenvalue weighted by molar-refractivity contribution is 0.101. The van der Waals surface area contributed by atoms with Gasteiger partial charge in [-0.05, 0) is 53.6 Å². The molecule has 0 bridgehead atoms. The van der Waals surface area contributed by atoms with Gasteiger partial charge >= 0.3 is 0 Å². The number of ketones is 1. The largest absolute Gasteiger partial charge is 0.497 e. The summed E-state index contributed by atoms with van der Waals surface area (Å²) >= 11 is 5.90. The van der Waals surface area contributed by atoms with E-state index in [-0.39, 0.29) is 11.5 Å². The minimum atomic E-state index is -0.147. The maximum Gasteiger partial charge on any atom is 0.231 e. The number of Topliss-reactive ketones (excluding diaryl/α,β-unsaturated/α-hetero) is 1. The van der Waals surface area contributed by atoms with Crippen LogP contribution in [0.15, 0.2) is 72.5 Å². The quantitative estimate of drug-likeness (QED) is 0.534. The van der Waals surface area contributed by atoms with Gasteiger partial charge in [0.15, 0.2) is 5.76 Å². The third kappa shape index (κ3) is 3.87. The van der Waals surface area contributed by atoms with Crippen LogP contribution in [0, 0.1) is 0 Å². The smallest absolute Gasteiger partial charge is 0.231 e. The lowest BCUT2D eigenvalue weighted by atomic mass is 10.1. The second kappa shape index (κ2) is 7.79. The normalized spacial score (nSPS) is 13.9. The number of hydrogen-bond donors (Lipinski definition) is 0. The lowest BCUT2D eigenvalue weighted by Gasteiger charge is -2.08. The summed E-state index contributed by atoms with van der Waals surface area (Å²) in [6.45, 7) is 0.407. The first-order valence-electron chi connectivity index (χ1n) is 8.72. The zero-order valence-electron chi connectivity index (χ0n) is 15.1. The Morgan fingerprint density at radius 2 is 1.68 bits per heavy atom. The molecule has 1 aliphatic heterocycles. The van der Waals surface area contributed by atoms with E-state index in [1.807, 2.05) is 36.4 Å². The molecule has 1 heterocycles. The molecule has 4 nitrogen and oxygen atoms in total. The number of rotatable bonds is 5. The lowest BCUT2D eigenvalue weighted by Crippen LogP contribution is -1.98. The maximum atomic E-state index is 12.5. The van der Waals surface area contributed by atoms with Gasteiger partial charge in [0.2, 0.25) is 5.78 Å². The molecule has 1 aliphatic rings. The molecule has 0 atom stereocenters. The summed E-state index contributed by atoms with van der Waals surface area (Å²) in [4.78, 5) is 12.5. The zero-order chi connectivity index (χ0) is 19.5. The molecule has 0 saturated carbocycles. The van der Waals surface area contributed by atoms with Crippen molar-refractivity contribution in [3.63, 3.8) is 0 Å². The van der Waals surface area contributed by atoms with E-state index in [2.05, 4.69) is 0 Å². The van der Waals surface area contributed by atoms with Crippen molar-refractivity contribution in [1.82, 2.24) is 0 Å². The molecule has 0 aromatic heterocycles. The van der Waals surface area contributed by atoms with E-state index >= 15 is 0 Å². The Kier molecular flexibility index (Phi) is 5.04. The molecular weight excluding hydrogens is 376 g/mol. The minimum Gasteiger partial charge on any atom is -0.497 e. The first kappa shape index (κ1) is 18.1. The van der Waals surface area contributed by atoms with E-state index in [4.69, 9.17) is 25.8 Å². The Morgan fingerprint density at radius 3 is 2.39 bits per heavy atom. The van der Waals surface area contributed by atoms with Crippen molar-refractivity contribution < 1.29 is 19.0 Å². The van der Waals surface area contributed by atoms with Gasteiger partial charge in [0.05, 0.1) is 12.7 Å². The van der Waals surface area contributed by atoms with Crippen molar-refractivity contribution in [2.24, 2.45) is 0 Å². The van der Waals surface area contributed by atoms with Crippen molar-refractivity contribution in [1.29, 1.82) is 0 Å². The molecule has 4 rings (SSSR count). The summed E-state index contributed by atoms with van der Waals surface area (Å²) in [5.41, 5.74) is 2.38. The van der Waals surface area contributed by atoms with Crippen LogP contribution in [0.3, 0.4) is 0 Å². The van der Waals surface area contributed by atoms with Crippen LogP contribution in [0.25, 0.3) is 6.08 Å². The number of benzene rings is 3. The van der Waals surface area contributed by atoms with Crippen molar-refractivity contribution in [3.05, 3.63) is 94.2 Å². The van der Waals surface area contributed by atoms with E-state index in [0.29, 0.717) is 28.7 Å². The molecule has 0 fully saturated rings. The molecule has 0 unspecified atom stereocenters. The SMILES string of the molecule is COc1ccc(COc2ccc3c(c2)O/C(=C\c2ccc(Cl)cc2)C3=O)cc1. The number of carbonyl (C=O) groups excluding carboxylic acids is 1. The Hall–Kier alpha value is -3.24. The van der Waals surface area contributed by atoms with Crippen molar-refractivity contribution in [3.8, 4) is 17.2 Å². The Morgan fingerprint density at radius 1 is 0.964 bits per heavy atom. The molecule has 140 valence electrons. The number of hydrogen-bond acceptors (Lipinski definition) is 4. The van der Waals surface area contributed by atoms with Gasteiger partial charge in [0.1, 0.15) is 23.9 Å². The fourth-order valence-electron chi connectivity index (χ4n) is 2.86. The number of carbonyl (C=O) groups is 1. The molecule has 0 saturated heterocycles. The number of allylic oxidation sites excluding steroid dienone is 1. The van der Waals surface area contributed by atoms with E-state index in [0.717, 1.165) is 16.9 Å². The predicted molar refractivity (Wildman–Crippen MR) is 108 cm³/mol. The van der Waals surface area contributed by atoms with Crippen molar-refractivity contribution in [2.75, 3.05) is 7.11 Å². The molecule has 0 spiro atoms. The molecule has 28 heavy (non-hydrogen) atoms. The van der Waals surface area contributed by atoms with Gasteiger partial charge < -0.3 is 14.2 Å². The Balaban J connectivity index is 1.47. The van der Waals surface area contributed by atoms with Crippen LogP contribution in [-0.2, 0) is 6.61 Å². The van der Waals surface area contributed by atoms with Gasteiger partial charge in [-0.2, -0.15) is 0 Å². The average molecular weight is 393 g/mol. The molecule has 0 amide bonds. The summed E-state index contributed by atoms with van der Waals surface area (Å²) in [6.07, 6.45) is 1.70. The molecule has 3 aromatic rings. The minimum absolute atomic E-state index is 0.147. The highest BCUT2D eigenvalue weighted by Crippen LogP contribution is 2.35. The van der Waals surface area contributed by atoms with Crippen molar-refractivity contribution >= 4 is 23.5 Å². The van der Waals surface area contributed by atoms with Crippen LogP contribution in [0.4, 0.5) is 0 Å². The Bertz CT molecular complexity index is 1040. The maximum absolute atomic E-state index is 12.5. The van der Waals surface area contributed by atoms with Gasteiger partial charge in [-0.15, -0.1) is 0 Å². The van der Waals surface area contributed by atoms with Gasteiger partial charge in [-0.3, -0.25) is 4.79 Å². The zero-order valence-corrected chi connectivity index (χ0v) is 15.9. The average Bonchev–Trinajstić information content (AvgIpc) is 3.03. The van der Waals surface area contributed by atoms with E-state index in [1.54, 1.807) is 43.5 Å². The van der Waals surface area contributed by atoms with Crippen LogP contribution >= 0.6 is 11.6 Å². The highest BCUT2D eigenvalue weighted by Gasteiger charge is 2.27. The molecule has 0 radical (unpaired) electrons. The third-order valence-corrected chi connectivity index (χ3v) is 4.63. The molecular formula is C23H17ClO4. The summed E-state index contributed by atoms with van der Waals surface area (Å²) in [7, 11) is 1.63. The monoisotopic (exact) mass is 392 g/mol. The summed E-state index contributed by atoms with van der Waals surface area (Å²) < 4.78 is 16.7. The van der Waals surface area contributed by atoms with Crippen LogP contribution in [0.2, 0.25) is 5.02 Å². The number of methoxy groups -OCH3 is 1. The van der Waals surface area contributed by atoms with Gasteiger partial charge in [0.25, 0.3) is 0 Å². The van der Waals surface area contributed by atoms with Crippen molar-refractivity contribution in [2.45, 2.75) is 6.61 Å². The van der Waals surface area contributed by atoms with Crippen LogP contribution in [0.1, 0.15) is 21.5 Å². The van der Waals surface area contributed by atoms with E-state index < -0.39 is 0 Å². The molecule has 3 aromatic carbocycles. The predicted octanol–water partition coefficient (Wildman–Crippen LogP) is 5.54. The second-order valence-corrected chi connectivity index (χ2v) is 6.72. The van der Waals surface area contributed by atoms with E-state index in [1.165, 1.54) is 0 Å². The topological polar surface area (TPSA) is 44.8 Å². The molecule has 0 aliphatic carbocycles. The second-order valence-electron chi connectivity index (χ2n) is 6.29. The summed E-state index contributed by atoms with van der Waals surface area (Å²) in [5, 5.41) is 0.641. The molecule has 0 N–H and O–H groups in total. The first-order valence-corrected chi connectivity index (χ1v) is 9.10. The number of halogens is 1. The fraction of sp³-hybridized carbons (Fsp3) is 0.0870. The van der Waals surface area contributed by atoms with Crippen LogP contribution in [0.5, 0.6) is 17.2 Å². The standard InChI is InChI=1S/C23H17ClO4/c1-26-18-8-4-16(5-9-18)14-27-19-10-11-20-21(13-19)28-22(23(20)25)12-15-2-6-17(24)7-3-15/h2-13H,14H2,1H3/b22-12-. The van der Waals surface area contributed by atoms with Gasteiger partial charge in [-0.1, -0.05) is 35.9 Å². The number of fused-ring (bicyclic) bond motifs is 1. The molecule has 5 heteroatoms. The Labute approximate surface area is 167 Å². The summed E-state index contributed by atoms with van der Waals surface area (Å²) in [6, 6.07) is 20.1.